The summed E-state index contributed by atoms with van der Waals surface area (Å²) in [7, 11) is 8.03. The molecule has 1 aromatic carbocycles. The molecule has 41 heavy (non-hydrogen) atoms. The standard InChI is InChI=1S/C30H45N5O6/c1-6-7-11-33(12-8-15-35(2,3)4)27(36)19-34-18-23(22-16-25(39-5)29-26(17-22)40-21-41-29)28(30(37)38)24(34)9-13-32-14-10-31-20-32/h10,14,16-17,20,23-24,28H,6-9,11-13,15,18-19,21H2,1-5H3/p+1/t23-,24+,28-/m1/s1. The van der Waals surface area contributed by atoms with Crippen LogP contribution in [0.25, 0.3) is 0 Å². The molecule has 2 aliphatic rings. The second-order valence-electron chi connectivity index (χ2n) is 12.1. The smallest absolute Gasteiger partial charge is 0.308 e. The van der Waals surface area contributed by atoms with Crippen molar-refractivity contribution in [1.82, 2.24) is 19.4 Å². The van der Waals surface area contributed by atoms with Gasteiger partial charge in [0.15, 0.2) is 11.5 Å². The van der Waals surface area contributed by atoms with Crippen molar-refractivity contribution in [1.29, 1.82) is 0 Å². The van der Waals surface area contributed by atoms with Crippen LogP contribution in [0, 0.1) is 5.92 Å². The first-order chi connectivity index (χ1) is 19.6. The summed E-state index contributed by atoms with van der Waals surface area (Å²) in [5, 5.41) is 10.5. The number of carboxylic acids is 1. The number of aliphatic carboxylic acids is 1. The number of carbonyl (C=O) groups is 2. The van der Waals surface area contributed by atoms with Crippen LogP contribution in [0.4, 0.5) is 0 Å². The molecule has 3 atom stereocenters. The summed E-state index contributed by atoms with van der Waals surface area (Å²) in [6.07, 6.45) is 8.77. The lowest BCUT2D eigenvalue weighted by molar-refractivity contribution is -0.870. The molecule has 11 heteroatoms. The SMILES string of the molecule is CCCCN(CCC[N+](C)(C)C)C(=O)CN1C[C@H](c2cc(OC)c3c(c2)OCO3)[C@@H](C(=O)O)[C@@H]1CCn1ccnc1. The van der Waals surface area contributed by atoms with Gasteiger partial charge in [-0.05, 0) is 30.5 Å². The number of carboxylic acid groups (broad SMARTS) is 1. The first-order valence-corrected chi connectivity index (χ1v) is 14.6. The van der Waals surface area contributed by atoms with E-state index in [1.54, 1.807) is 19.6 Å². The Bertz CT molecular complexity index is 1160. The number of ether oxygens (including phenoxy) is 3. The Kier molecular flexibility index (Phi) is 10.1. The number of methoxy groups -OCH3 is 1. The van der Waals surface area contributed by atoms with Gasteiger partial charge in [0.25, 0.3) is 0 Å². The van der Waals surface area contributed by atoms with E-state index in [2.05, 4.69) is 38.0 Å². The molecule has 11 nitrogen and oxygen atoms in total. The monoisotopic (exact) mass is 572 g/mol. The molecule has 1 N–H and O–H groups in total. The number of aryl methyl sites for hydroxylation is 1. The molecule has 226 valence electrons. The van der Waals surface area contributed by atoms with E-state index in [0.29, 0.717) is 49.8 Å². The molecule has 0 aliphatic carbocycles. The molecule has 0 unspecified atom stereocenters. The number of aromatic nitrogens is 2. The average molecular weight is 573 g/mol. The van der Waals surface area contributed by atoms with Gasteiger partial charge in [-0.2, -0.15) is 0 Å². The fraction of sp³-hybridized carbons (Fsp3) is 0.633. The van der Waals surface area contributed by atoms with E-state index in [-0.39, 0.29) is 31.2 Å². The zero-order chi connectivity index (χ0) is 29.6. The van der Waals surface area contributed by atoms with E-state index in [1.165, 1.54) is 0 Å². The number of benzene rings is 1. The third kappa shape index (κ3) is 7.71. The maximum absolute atomic E-state index is 13.8. The summed E-state index contributed by atoms with van der Waals surface area (Å²) < 4.78 is 19.6. The van der Waals surface area contributed by atoms with Gasteiger partial charge in [-0.1, -0.05) is 13.3 Å². The van der Waals surface area contributed by atoms with Crippen LogP contribution in [0.1, 0.15) is 44.1 Å². The van der Waals surface area contributed by atoms with Crippen LogP contribution in [0.15, 0.2) is 30.9 Å². The highest BCUT2D eigenvalue weighted by Gasteiger charge is 2.47. The number of fused-ring (bicyclic) bond motifs is 1. The summed E-state index contributed by atoms with van der Waals surface area (Å²) in [4.78, 5) is 34.8. The van der Waals surface area contributed by atoms with Crippen molar-refractivity contribution in [3.63, 3.8) is 0 Å². The molecule has 1 fully saturated rings. The predicted octanol–water partition coefficient (Wildman–Crippen LogP) is 2.90. The summed E-state index contributed by atoms with van der Waals surface area (Å²) in [5.74, 6) is -0.270. The number of hydrogen-bond donors (Lipinski definition) is 1. The Morgan fingerprint density at radius 2 is 1.98 bits per heavy atom. The molecule has 0 saturated carbocycles. The van der Waals surface area contributed by atoms with E-state index >= 15 is 0 Å². The maximum atomic E-state index is 13.8. The van der Waals surface area contributed by atoms with Crippen LogP contribution >= 0.6 is 0 Å². The second kappa shape index (κ2) is 13.6. The van der Waals surface area contributed by atoms with Gasteiger partial charge in [0, 0.05) is 57.0 Å². The molecule has 4 rings (SSSR count). The van der Waals surface area contributed by atoms with Crippen molar-refractivity contribution in [2.24, 2.45) is 5.92 Å². The molecule has 1 aromatic heterocycles. The quantitative estimate of drug-likeness (QED) is 0.325. The van der Waals surface area contributed by atoms with E-state index in [9.17, 15) is 14.7 Å². The van der Waals surface area contributed by atoms with Crippen LogP contribution in [0.3, 0.4) is 0 Å². The predicted molar refractivity (Wildman–Crippen MR) is 154 cm³/mol. The fourth-order valence-electron chi connectivity index (χ4n) is 5.97. The molecule has 0 radical (unpaired) electrons. The van der Waals surface area contributed by atoms with Crippen molar-refractivity contribution >= 4 is 11.9 Å². The van der Waals surface area contributed by atoms with E-state index < -0.39 is 11.9 Å². The first kappa shape index (κ1) is 30.6. The van der Waals surface area contributed by atoms with Gasteiger partial charge in [-0.15, -0.1) is 0 Å². The molecule has 2 aliphatic heterocycles. The number of hydrogen-bond acceptors (Lipinski definition) is 7. The Morgan fingerprint density at radius 3 is 2.63 bits per heavy atom. The molecular formula is C30H46N5O6+. The van der Waals surface area contributed by atoms with Crippen molar-refractivity contribution in [3.8, 4) is 17.2 Å². The minimum absolute atomic E-state index is 0.0561. The van der Waals surface area contributed by atoms with Gasteiger partial charge in [-0.25, -0.2) is 4.98 Å². The maximum Gasteiger partial charge on any atom is 0.308 e. The number of unbranched alkanes of at least 4 members (excludes halogenated alkanes) is 1. The molecule has 0 bridgehead atoms. The molecule has 0 spiro atoms. The number of imidazole rings is 1. The molecule has 2 aromatic rings. The average Bonchev–Trinajstić information content (AvgIpc) is 3.68. The van der Waals surface area contributed by atoms with Gasteiger partial charge in [-0.3, -0.25) is 14.5 Å². The molecular weight excluding hydrogens is 526 g/mol. The van der Waals surface area contributed by atoms with Gasteiger partial charge in [0.1, 0.15) is 0 Å². The van der Waals surface area contributed by atoms with Crippen LogP contribution < -0.4 is 14.2 Å². The Hall–Kier alpha value is -3.31. The van der Waals surface area contributed by atoms with Crippen LogP contribution in [-0.2, 0) is 16.1 Å². The number of likely N-dealkylation sites (tertiary alicyclic amines) is 1. The van der Waals surface area contributed by atoms with E-state index in [1.807, 2.05) is 27.8 Å². The lowest BCUT2D eigenvalue weighted by Crippen LogP contribution is -2.45. The lowest BCUT2D eigenvalue weighted by atomic mass is 9.84. The van der Waals surface area contributed by atoms with Crippen LogP contribution in [0.5, 0.6) is 17.2 Å². The van der Waals surface area contributed by atoms with Gasteiger partial charge in [0.2, 0.25) is 18.4 Å². The largest absolute Gasteiger partial charge is 0.493 e. The zero-order valence-corrected chi connectivity index (χ0v) is 25.1. The van der Waals surface area contributed by atoms with Gasteiger partial charge in [0.05, 0.1) is 53.6 Å². The highest BCUT2D eigenvalue weighted by molar-refractivity contribution is 5.79. The normalized spacial score (nSPS) is 20.4. The highest BCUT2D eigenvalue weighted by atomic mass is 16.7. The van der Waals surface area contributed by atoms with Gasteiger partial charge < -0.3 is 33.3 Å². The number of rotatable bonds is 15. The number of nitrogens with zero attached hydrogens (tertiary/aromatic N) is 5. The topological polar surface area (TPSA) is 106 Å². The summed E-state index contributed by atoms with van der Waals surface area (Å²) in [6, 6.07) is 3.38. The number of amides is 1. The van der Waals surface area contributed by atoms with E-state index in [0.717, 1.165) is 35.9 Å². The third-order valence-electron chi connectivity index (χ3n) is 8.11. The Balaban J connectivity index is 1.60. The third-order valence-corrected chi connectivity index (χ3v) is 8.11. The zero-order valence-electron chi connectivity index (χ0n) is 25.1. The minimum Gasteiger partial charge on any atom is -0.493 e. The summed E-state index contributed by atoms with van der Waals surface area (Å²) in [6.45, 7) is 5.85. The molecule has 1 saturated heterocycles. The Morgan fingerprint density at radius 1 is 1.20 bits per heavy atom. The first-order valence-electron chi connectivity index (χ1n) is 14.6. The second-order valence-corrected chi connectivity index (χ2v) is 12.1. The number of carbonyl (C=O) groups excluding carboxylic acids is 1. The number of quaternary nitrogens is 1. The van der Waals surface area contributed by atoms with Crippen molar-refractivity contribution in [2.45, 2.75) is 51.1 Å². The van der Waals surface area contributed by atoms with Crippen LogP contribution in [-0.4, -0.2) is 115 Å². The van der Waals surface area contributed by atoms with Gasteiger partial charge >= 0.3 is 5.97 Å². The van der Waals surface area contributed by atoms with Crippen LogP contribution in [0.2, 0.25) is 0 Å². The highest BCUT2D eigenvalue weighted by Crippen LogP contribution is 2.47. The molecule has 3 heterocycles. The van der Waals surface area contributed by atoms with E-state index in [4.69, 9.17) is 14.2 Å². The summed E-state index contributed by atoms with van der Waals surface area (Å²) >= 11 is 0. The fourth-order valence-corrected chi connectivity index (χ4v) is 5.97. The van der Waals surface area contributed by atoms with Crippen molar-refractivity contribution in [3.05, 3.63) is 36.4 Å². The van der Waals surface area contributed by atoms with Crippen molar-refractivity contribution < 1.29 is 33.4 Å². The minimum atomic E-state index is -0.872. The lowest BCUT2D eigenvalue weighted by Gasteiger charge is -2.31. The van der Waals surface area contributed by atoms with Crippen molar-refractivity contribution in [2.75, 3.05) is 67.8 Å². The Labute approximate surface area is 243 Å². The molecule has 1 amide bonds. The summed E-state index contributed by atoms with van der Waals surface area (Å²) in [5.41, 5.74) is 0.812.